The first kappa shape index (κ1) is 22.8. The fourth-order valence-corrected chi connectivity index (χ4v) is 3.83. The van der Waals surface area contributed by atoms with Gasteiger partial charge in [-0.3, -0.25) is 14.4 Å². The first-order chi connectivity index (χ1) is 14.0. The SMILES string of the molecule is NC(=O)CNC(=O)[C@@]12COC[C@@H]1CN(CCCOCc1ccccc1)C2.O=CO. The molecule has 2 aliphatic rings. The van der Waals surface area contributed by atoms with Crippen molar-refractivity contribution in [1.82, 2.24) is 10.2 Å². The van der Waals surface area contributed by atoms with E-state index >= 15 is 0 Å². The standard InChI is InChI=1S/C19H27N3O4.CH2O2/c20-17(23)9-21-18(24)19-13-22(10-16(19)12-26-14-19)7-4-8-25-11-15-5-2-1-3-6-15;2-1-3/h1-3,5-6,16H,4,7-14H2,(H2,20,23)(H,21,24);1H,(H,2,3)/t16-,19-;/m0./s1. The maximum absolute atomic E-state index is 12.6. The van der Waals surface area contributed by atoms with E-state index in [1.54, 1.807) is 0 Å². The van der Waals surface area contributed by atoms with E-state index in [9.17, 15) is 9.59 Å². The van der Waals surface area contributed by atoms with Crippen LogP contribution in [0.15, 0.2) is 30.3 Å². The number of nitrogens with zero attached hydrogens (tertiary/aromatic N) is 1. The van der Waals surface area contributed by atoms with Crippen LogP contribution in [0.3, 0.4) is 0 Å². The summed E-state index contributed by atoms with van der Waals surface area (Å²) in [4.78, 5) is 34.2. The normalized spacial score (nSPS) is 23.0. The summed E-state index contributed by atoms with van der Waals surface area (Å²) in [5, 5.41) is 9.55. The Labute approximate surface area is 170 Å². The summed E-state index contributed by atoms with van der Waals surface area (Å²) in [7, 11) is 0. The maximum atomic E-state index is 12.6. The van der Waals surface area contributed by atoms with Gasteiger partial charge in [-0.05, 0) is 12.0 Å². The van der Waals surface area contributed by atoms with Crippen molar-refractivity contribution in [3.05, 3.63) is 35.9 Å². The smallest absolute Gasteiger partial charge is 0.290 e. The van der Waals surface area contributed by atoms with Crippen LogP contribution in [0.5, 0.6) is 0 Å². The fourth-order valence-electron chi connectivity index (χ4n) is 3.83. The van der Waals surface area contributed by atoms with E-state index in [-0.39, 0.29) is 24.8 Å². The Morgan fingerprint density at radius 2 is 2.10 bits per heavy atom. The minimum absolute atomic E-state index is 0.123. The van der Waals surface area contributed by atoms with Gasteiger partial charge in [-0.2, -0.15) is 0 Å². The Morgan fingerprint density at radius 1 is 1.38 bits per heavy atom. The number of hydrogen-bond donors (Lipinski definition) is 3. The Kier molecular flexibility index (Phi) is 9.04. The molecule has 2 heterocycles. The molecule has 0 aliphatic carbocycles. The number of nitrogens with two attached hydrogens (primary N) is 1. The molecular weight excluding hydrogens is 378 g/mol. The van der Waals surface area contributed by atoms with Gasteiger partial charge in [-0.15, -0.1) is 0 Å². The molecule has 0 unspecified atom stereocenters. The number of nitrogens with one attached hydrogen (secondary N) is 1. The number of fused-ring (bicyclic) bond motifs is 1. The molecular formula is C20H29N3O6. The molecule has 160 valence electrons. The minimum Gasteiger partial charge on any atom is -0.483 e. The van der Waals surface area contributed by atoms with Gasteiger partial charge in [0, 0.05) is 32.2 Å². The van der Waals surface area contributed by atoms with Crippen molar-refractivity contribution in [1.29, 1.82) is 0 Å². The highest BCUT2D eigenvalue weighted by atomic mass is 16.5. The van der Waals surface area contributed by atoms with Crippen LogP contribution in [0.2, 0.25) is 0 Å². The zero-order chi connectivity index (χ0) is 21.1. The maximum Gasteiger partial charge on any atom is 0.290 e. The first-order valence-electron chi connectivity index (χ1n) is 9.58. The molecule has 9 nitrogen and oxygen atoms in total. The Balaban J connectivity index is 0.000000941. The summed E-state index contributed by atoms with van der Waals surface area (Å²) in [6.45, 7) is 4.30. The molecule has 0 spiro atoms. The van der Waals surface area contributed by atoms with Crippen LogP contribution >= 0.6 is 0 Å². The summed E-state index contributed by atoms with van der Waals surface area (Å²) < 4.78 is 11.3. The van der Waals surface area contributed by atoms with E-state index in [1.165, 1.54) is 5.56 Å². The second-order valence-electron chi connectivity index (χ2n) is 7.25. The predicted molar refractivity (Wildman–Crippen MR) is 105 cm³/mol. The molecule has 1 aromatic rings. The molecule has 0 saturated carbocycles. The van der Waals surface area contributed by atoms with E-state index in [2.05, 4.69) is 22.3 Å². The summed E-state index contributed by atoms with van der Waals surface area (Å²) in [6.07, 6.45) is 0.916. The van der Waals surface area contributed by atoms with Gasteiger partial charge in [0.1, 0.15) is 0 Å². The van der Waals surface area contributed by atoms with Gasteiger partial charge in [0.05, 0.1) is 31.8 Å². The number of likely N-dealkylation sites (tertiary alicyclic amines) is 1. The molecule has 1 aromatic carbocycles. The molecule has 0 bridgehead atoms. The number of amides is 2. The summed E-state index contributed by atoms with van der Waals surface area (Å²) in [6, 6.07) is 10.1. The number of rotatable bonds is 9. The lowest BCUT2D eigenvalue weighted by atomic mass is 9.80. The van der Waals surface area contributed by atoms with Crippen LogP contribution in [-0.2, 0) is 30.5 Å². The van der Waals surface area contributed by atoms with Crippen molar-refractivity contribution in [3.8, 4) is 0 Å². The summed E-state index contributed by atoms with van der Waals surface area (Å²) >= 11 is 0. The molecule has 29 heavy (non-hydrogen) atoms. The van der Waals surface area contributed by atoms with Crippen molar-refractivity contribution in [3.63, 3.8) is 0 Å². The fraction of sp³-hybridized carbons (Fsp3) is 0.550. The predicted octanol–water partition coefficient (Wildman–Crippen LogP) is -0.156. The minimum atomic E-state index is -0.555. The van der Waals surface area contributed by atoms with Crippen molar-refractivity contribution in [2.45, 2.75) is 13.0 Å². The van der Waals surface area contributed by atoms with Gasteiger partial charge in [0.2, 0.25) is 11.8 Å². The van der Waals surface area contributed by atoms with E-state index in [0.717, 1.165) is 19.5 Å². The third-order valence-electron chi connectivity index (χ3n) is 5.19. The lowest BCUT2D eigenvalue weighted by Crippen LogP contribution is -2.48. The van der Waals surface area contributed by atoms with Gasteiger partial charge in [0.25, 0.3) is 6.47 Å². The Hall–Kier alpha value is -2.49. The van der Waals surface area contributed by atoms with Crippen molar-refractivity contribution >= 4 is 18.3 Å². The van der Waals surface area contributed by atoms with Gasteiger partial charge in [0.15, 0.2) is 0 Å². The average Bonchev–Trinajstić information content (AvgIpc) is 3.25. The molecule has 2 atom stereocenters. The topological polar surface area (TPSA) is 131 Å². The molecule has 2 saturated heterocycles. The van der Waals surface area contributed by atoms with Crippen LogP contribution in [0.4, 0.5) is 0 Å². The number of primary amides is 1. The number of ether oxygens (including phenoxy) is 2. The van der Waals surface area contributed by atoms with Crippen molar-refractivity contribution < 1.29 is 29.0 Å². The molecule has 4 N–H and O–H groups in total. The molecule has 0 radical (unpaired) electrons. The zero-order valence-electron chi connectivity index (χ0n) is 16.4. The Morgan fingerprint density at radius 3 is 2.79 bits per heavy atom. The first-order valence-corrected chi connectivity index (χ1v) is 9.58. The van der Waals surface area contributed by atoms with Crippen LogP contribution in [0, 0.1) is 11.3 Å². The lowest BCUT2D eigenvalue weighted by Gasteiger charge is -2.25. The number of carboxylic acid groups (broad SMARTS) is 1. The van der Waals surface area contributed by atoms with Crippen molar-refractivity contribution in [2.75, 3.05) is 46.0 Å². The molecule has 2 aliphatic heterocycles. The molecule has 2 fully saturated rings. The van der Waals surface area contributed by atoms with Gasteiger partial charge in [-0.25, -0.2) is 0 Å². The van der Waals surface area contributed by atoms with E-state index in [4.69, 9.17) is 25.1 Å². The highest BCUT2D eigenvalue weighted by Crippen LogP contribution is 2.41. The third kappa shape index (κ3) is 6.52. The second-order valence-corrected chi connectivity index (χ2v) is 7.25. The molecule has 2 amide bonds. The Bertz CT molecular complexity index is 671. The zero-order valence-corrected chi connectivity index (χ0v) is 16.4. The van der Waals surface area contributed by atoms with Gasteiger partial charge < -0.3 is 30.5 Å². The quantitative estimate of drug-likeness (QED) is 0.383. The van der Waals surface area contributed by atoms with Crippen LogP contribution in [0.25, 0.3) is 0 Å². The van der Waals surface area contributed by atoms with E-state index in [0.29, 0.717) is 33.0 Å². The molecule has 9 heteroatoms. The molecule has 3 rings (SSSR count). The third-order valence-corrected chi connectivity index (χ3v) is 5.19. The highest BCUT2D eigenvalue weighted by molar-refractivity contribution is 5.88. The number of carbonyl (C=O) groups is 3. The number of carbonyl (C=O) groups excluding carboxylic acids is 2. The number of benzene rings is 1. The monoisotopic (exact) mass is 407 g/mol. The van der Waals surface area contributed by atoms with Crippen LogP contribution < -0.4 is 11.1 Å². The van der Waals surface area contributed by atoms with E-state index < -0.39 is 11.3 Å². The largest absolute Gasteiger partial charge is 0.483 e. The number of hydrogen-bond acceptors (Lipinski definition) is 6. The lowest BCUT2D eigenvalue weighted by molar-refractivity contribution is -0.133. The second kappa shape index (κ2) is 11.5. The van der Waals surface area contributed by atoms with Gasteiger partial charge in [-0.1, -0.05) is 30.3 Å². The summed E-state index contributed by atoms with van der Waals surface area (Å²) in [5.41, 5.74) is 5.75. The van der Waals surface area contributed by atoms with Gasteiger partial charge >= 0.3 is 0 Å². The molecule has 0 aromatic heterocycles. The van der Waals surface area contributed by atoms with Crippen molar-refractivity contribution in [2.24, 2.45) is 17.1 Å². The van der Waals surface area contributed by atoms with E-state index in [1.807, 2.05) is 18.2 Å². The van der Waals surface area contributed by atoms with Crippen LogP contribution in [-0.4, -0.2) is 74.3 Å². The summed E-state index contributed by atoms with van der Waals surface area (Å²) in [5.74, 6) is -0.488. The average molecular weight is 407 g/mol. The van der Waals surface area contributed by atoms with Crippen LogP contribution in [0.1, 0.15) is 12.0 Å². The highest BCUT2D eigenvalue weighted by Gasteiger charge is 2.55.